The van der Waals surface area contributed by atoms with E-state index in [4.69, 9.17) is 12.2 Å². The van der Waals surface area contributed by atoms with Crippen LogP contribution in [-0.4, -0.2) is 4.98 Å². The predicted molar refractivity (Wildman–Crippen MR) is 108 cm³/mol. The number of benzene rings is 2. The summed E-state index contributed by atoms with van der Waals surface area (Å²) in [7, 11) is 0. The first-order chi connectivity index (χ1) is 12.3. The van der Waals surface area contributed by atoms with Crippen LogP contribution in [0.4, 0.5) is 0 Å². The summed E-state index contributed by atoms with van der Waals surface area (Å²) in [5.74, 6) is 0. The van der Waals surface area contributed by atoms with Crippen LogP contribution in [0.1, 0.15) is 28.7 Å². The number of hydrogen-bond acceptors (Lipinski definition) is 1. The quantitative estimate of drug-likeness (QED) is 0.484. The number of aromatic nitrogens is 1. The Balaban J connectivity index is 0.000000190. The zero-order chi connectivity index (χ0) is 17.1. The Labute approximate surface area is 154 Å². The van der Waals surface area contributed by atoms with Gasteiger partial charge in [-0.2, -0.15) is 0 Å². The number of fused-ring (bicyclic) bond motifs is 5. The van der Waals surface area contributed by atoms with E-state index >= 15 is 0 Å². The van der Waals surface area contributed by atoms with E-state index in [9.17, 15) is 0 Å². The first-order valence-electron chi connectivity index (χ1n) is 8.86. The number of aryl methyl sites for hydroxylation is 1. The number of allylic oxidation sites excluding steroid dienone is 1. The van der Waals surface area contributed by atoms with E-state index in [2.05, 4.69) is 53.5 Å². The van der Waals surface area contributed by atoms with E-state index < -0.39 is 0 Å². The van der Waals surface area contributed by atoms with Crippen LogP contribution in [0, 0.1) is 4.64 Å². The maximum absolute atomic E-state index is 4.76. The molecule has 1 N–H and O–H groups in total. The third kappa shape index (κ3) is 3.35. The molecule has 0 radical (unpaired) electrons. The molecular formula is C23H21NS. The number of H-pyrrole nitrogens is 1. The van der Waals surface area contributed by atoms with Gasteiger partial charge in [0.15, 0.2) is 0 Å². The van der Waals surface area contributed by atoms with Crippen LogP contribution in [0.15, 0.2) is 66.9 Å². The van der Waals surface area contributed by atoms with Gasteiger partial charge in [0.25, 0.3) is 0 Å². The van der Waals surface area contributed by atoms with Gasteiger partial charge in [-0.25, -0.2) is 0 Å². The van der Waals surface area contributed by atoms with Crippen molar-refractivity contribution in [1.29, 1.82) is 0 Å². The minimum Gasteiger partial charge on any atom is -0.353 e. The second-order valence-corrected chi connectivity index (χ2v) is 6.92. The molecule has 0 unspecified atom stereocenters. The van der Waals surface area contributed by atoms with Crippen molar-refractivity contribution in [2.45, 2.75) is 25.7 Å². The van der Waals surface area contributed by atoms with Gasteiger partial charge < -0.3 is 4.98 Å². The topological polar surface area (TPSA) is 15.8 Å². The summed E-state index contributed by atoms with van der Waals surface area (Å²) in [6.07, 6.45) is 11.2. The maximum atomic E-state index is 4.76. The average molecular weight is 343 g/mol. The summed E-state index contributed by atoms with van der Waals surface area (Å²) in [6.45, 7) is 0. The standard InChI is InChI=1S/C18H16.C5H5NS/c1-3-7-15-13(5-1)9-11-18-16-8-4-2-6-14(16)10-12-17(15)18;7-5-3-1-2-4-6-5/h1-3,5-7,10,12H,4,8-9,11H2;1-4H,(H,6,7). The highest BCUT2D eigenvalue weighted by molar-refractivity contribution is 7.71. The molecule has 1 nitrogen and oxygen atoms in total. The van der Waals surface area contributed by atoms with Crippen LogP contribution in [0.2, 0.25) is 0 Å². The van der Waals surface area contributed by atoms with Crippen molar-refractivity contribution in [3.63, 3.8) is 0 Å². The Bertz CT molecular complexity index is 964. The smallest absolute Gasteiger partial charge is 0.103 e. The molecule has 0 bridgehead atoms. The van der Waals surface area contributed by atoms with Gasteiger partial charge in [-0.1, -0.05) is 66.8 Å². The Hall–Kier alpha value is -2.45. The van der Waals surface area contributed by atoms with E-state index in [1.165, 1.54) is 47.9 Å². The second-order valence-electron chi connectivity index (χ2n) is 6.48. The molecule has 2 heteroatoms. The summed E-state index contributed by atoms with van der Waals surface area (Å²) in [5, 5.41) is 0. The number of rotatable bonds is 0. The van der Waals surface area contributed by atoms with E-state index in [-0.39, 0.29) is 0 Å². The van der Waals surface area contributed by atoms with E-state index in [1.807, 2.05) is 24.4 Å². The molecule has 0 atom stereocenters. The van der Waals surface area contributed by atoms with Crippen molar-refractivity contribution in [1.82, 2.24) is 4.98 Å². The Morgan fingerprint density at radius 2 is 1.64 bits per heavy atom. The number of nitrogens with one attached hydrogen (secondary N) is 1. The van der Waals surface area contributed by atoms with Crippen LogP contribution >= 0.6 is 12.2 Å². The molecule has 0 aliphatic heterocycles. The van der Waals surface area contributed by atoms with Crippen LogP contribution in [0.25, 0.3) is 17.2 Å². The molecule has 25 heavy (non-hydrogen) atoms. The monoisotopic (exact) mass is 343 g/mol. The normalized spacial score (nSPS) is 13.8. The predicted octanol–water partition coefficient (Wildman–Crippen LogP) is 6.16. The number of hydrogen-bond donors (Lipinski definition) is 1. The third-order valence-corrected chi connectivity index (χ3v) is 5.21. The van der Waals surface area contributed by atoms with Crippen molar-refractivity contribution in [3.05, 3.63) is 93.8 Å². The largest absolute Gasteiger partial charge is 0.353 e. The minimum atomic E-state index is 0.780. The fraction of sp³-hybridized carbons (Fsp3) is 0.174. The van der Waals surface area contributed by atoms with Crippen LogP contribution in [0.3, 0.4) is 0 Å². The lowest BCUT2D eigenvalue weighted by Crippen LogP contribution is -2.09. The molecule has 0 saturated heterocycles. The van der Waals surface area contributed by atoms with Gasteiger partial charge in [-0.05, 0) is 71.2 Å². The highest BCUT2D eigenvalue weighted by atomic mass is 32.1. The van der Waals surface area contributed by atoms with Crippen LogP contribution in [-0.2, 0) is 19.3 Å². The third-order valence-electron chi connectivity index (χ3n) is 4.96. The van der Waals surface area contributed by atoms with E-state index in [0.717, 1.165) is 4.64 Å². The molecule has 2 aliphatic rings. The lowest BCUT2D eigenvalue weighted by atomic mass is 9.80. The fourth-order valence-corrected chi connectivity index (χ4v) is 3.92. The van der Waals surface area contributed by atoms with Crippen molar-refractivity contribution in [2.75, 3.05) is 0 Å². The van der Waals surface area contributed by atoms with Crippen molar-refractivity contribution >= 4 is 18.3 Å². The zero-order valence-electron chi connectivity index (χ0n) is 14.2. The zero-order valence-corrected chi connectivity index (χ0v) is 15.0. The van der Waals surface area contributed by atoms with Gasteiger partial charge in [0.05, 0.1) is 0 Å². The number of pyridine rings is 1. The second kappa shape index (κ2) is 7.20. The summed E-state index contributed by atoms with van der Waals surface area (Å²) >= 11 is 4.76. The summed E-state index contributed by atoms with van der Waals surface area (Å²) in [5.41, 5.74) is 9.10. The Morgan fingerprint density at radius 3 is 2.44 bits per heavy atom. The first kappa shape index (κ1) is 16.0. The van der Waals surface area contributed by atoms with Crippen molar-refractivity contribution < 1.29 is 0 Å². The highest BCUT2D eigenvalue weighted by Crippen LogP contribution is 2.38. The molecule has 1 aromatic heterocycles. The van der Waals surface area contributed by atoms with Crippen molar-refractivity contribution in [3.8, 4) is 11.1 Å². The van der Waals surface area contributed by atoms with Gasteiger partial charge in [0.2, 0.25) is 0 Å². The van der Waals surface area contributed by atoms with Gasteiger partial charge in [0, 0.05) is 6.20 Å². The van der Waals surface area contributed by atoms with Gasteiger partial charge in [-0.15, -0.1) is 0 Å². The lowest BCUT2D eigenvalue weighted by molar-refractivity contribution is 0.887. The first-order valence-corrected chi connectivity index (χ1v) is 9.27. The molecule has 124 valence electrons. The maximum Gasteiger partial charge on any atom is 0.103 e. The average Bonchev–Trinajstić information content (AvgIpc) is 2.68. The molecule has 5 rings (SSSR count). The van der Waals surface area contributed by atoms with Gasteiger partial charge >= 0.3 is 0 Å². The van der Waals surface area contributed by atoms with Gasteiger partial charge in [0.1, 0.15) is 4.64 Å². The van der Waals surface area contributed by atoms with E-state index in [0.29, 0.717) is 0 Å². The summed E-state index contributed by atoms with van der Waals surface area (Å²) in [4.78, 5) is 2.85. The summed E-state index contributed by atoms with van der Waals surface area (Å²) in [6, 6.07) is 19.1. The molecule has 2 aliphatic carbocycles. The molecule has 3 aromatic rings. The molecular weight excluding hydrogens is 322 g/mol. The SMILES string of the molecule is C1=Cc2ccc3c(c2CC1)CCc1ccccc1-3.S=c1cccc[nH]1. The van der Waals surface area contributed by atoms with Crippen LogP contribution in [0.5, 0.6) is 0 Å². The fourth-order valence-electron chi connectivity index (χ4n) is 3.78. The molecule has 2 aromatic carbocycles. The molecule has 0 spiro atoms. The molecule has 0 fully saturated rings. The highest BCUT2D eigenvalue weighted by Gasteiger charge is 2.20. The van der Waals surface area contributed by atoms with E-state index in [1.54, 1.807) is 11.1 Å². The molecule has 1 heterocycles. The Morgan fingerprint density at radius 1 is 0.760 bits per heavy atom. The number of aromatic amines is 1. The van der Waals surface area contributed by atoms with Crippen LogP contribution < -0.4 is 0 Å². The molecule has 0 saturated carbocycles. The molecule has 0 amide bonds. The lowest BCUT2D eigenvalue weighted by Gasteiger charge is -2.25. The van der Waals surface area contributed by atoms with Gasteiger partial charge in [-0.3, -0.25) is 0 Å². The Kier molecular flexibility index (Phi) is 4.62. The minimum absolute atomic E-state index is 0.780. The van der Waals surface area contributed by atoms with Crippen molar-refractivity contribution in [2.24, 2.45) is 0 Å². The summed E-state index contributed by atoms with van der Waals surface area (Å²) < 4.78 is 0.780.